The quantitative estimate of drug-likeness (QED) is 0.313. The Bertz CT molecular complexity index is 1050. The van der Waals surface area contributed by atoms with E-state index in [0.29, 0.717) is 0 Å². The first-order valence-electron chi connectivity index (χ1n) is 12.6. The van der Waals surface area contributed by atoms with Crippen LogP contribution in [-0.2, 0) is 41.8 Å². The summed E-state index contributed by atoms with van der Waals surface area (Å²) < 4.78 is 16.0. The van der Waals surface area contributed by atoms with E-state index in [0.717, 1.165) is 11.1 Å². The summed E-state index contributed by atoms with van der Waals surface area (Å²) in [5, 5.41) is 5.18. The Kier molecular flexibility index (Phi) is 11.8. The molecule has 38 heavy (non-hydrogen) atoms. The topological polar surface area (TPSA) is 120 Å². The van der Waals surface area contributed by atoms with Gasteiger partial charge in [0.25, 0.3) is 0 Å². The van der Waals surface area contributed by atoms with Gasteiger partial charge in [-0.2, -0.15) is 0 Å². The lowest BCUT2D eigenvalue weighted by Crippen LogP contribution is -2.53. The number of amides is 2. The monoisotopic (exact) mass is 526 g/mol. The minimum absolute atomic E-state index is 0.00745. The van der Waals surface area contributed by atoms with Gasteiger partial charge in [-0.1, -0.05) is 74.5 Å². The van der Waals surface area contributed by atoms with Crippen molar-refractivity contribution in [3.63, 3.8) is 0 Å². The van der Waals surface area contributed by atoms with Crippen molar-refractivity contribution >= 4 is 23.9 Å². The van der Waals surface area contributed by atoms with Crippen LogP contribution in [-0.4, -0.2) is 41.6 Å². The molecule has 0 aliphatic rings. The summed E-state index contributed by atoms with van der Waals surface area (Å²) >= 11 is 0. The molecule has 0 radical (unpaired) electrons. The van der Waals surface area contributed by atoms with Gasteiger partial charge in [0.1, 0.15) is 30.9 Å². The fraction of sp³-hybridized carbons (Fsp3) is 0.448. The van der Waals surface area contributed by atoms with Crippen LogP contribution in [0.25, 0.3) is 0 Å². The molecule has 0 fully saturated rings. The van der Waals surface area contributed by atoms with Gasteiger partial charge in [-0.3, -0.25) is 9.59 Å². The Morgan fingerprint density at radius 3 is 1.82 bits per heavy atom. The molecule has 2 rings (SSSR count). The number of hydrogen-bond donors (Lipinski definition) is 2. The third kappa shape index (κ3) is 11.5. The van der Waals surface area contributed by atoms with Gasteiger partial charge in [-0.25, -0.2) is 9.59 Å². The zero-order valence-electron chi connectivity index (χ0n) is 22.7. The van der Waals surface area contributed by atoms with Crippen LogP contribution in [0.15, 0.2) is 60.7 Å². The highest BCUT2D eigenvalue weighted by Gasteiger charge is 2.31. The Labute approximate surface area is 224 Å². The molecule has 9 heteroatoms. The third-order valence-electron chi connectivity index (χ3n) is 5.32. The lowest BCUT2D eigenvalue weighted by atomic mass is 10.0. The number of hydrogen-bond acceptors (Lipinski definition) is 7. The van der Waals surface area contributed by atoms with E-state index >= 15 is 0 Å². The van der Waals surface area contributed by atoms with Crippen molar-refractivity contribution in [1.29, 1.82) is 0 Å². The van der Waals surface area contributed by atoms with Crippen LogP contribution in [0, 0.1) is 5.92 Å². The Hall–Kier alpha value is -3.88. The molecule has 2 amide bonds. The predicted molar refractivity (Wildman–Crippen MR) is 142 cm³/mol. The Morgan fingerprint density at radius 2 is 1.32 bits per heavy atom. The van der Waals surface area contributed by atoms with Gasteiger partial charge in [0.2, 0.25) is 5.91 Å². The maximum atomic E-state index is 13.2. The molecule has 0 aromatic heterocycles. The number of ether oxygens (including phenoxy) is 3. The van der Waals surface area contributed by atoms with Crippen LogP contribution in [0.2, 0.25) is 0 Å². The molecule has 2 atom stereocenters. The van der Waals surface area contributed by atoms with Crippen LogP contribution in [0.3, 0.4) is 0 Å². The highest BCUT2D eigenvalue weighted by atomic mass is 16.6. The summed E-state index contributed by atoms with van der Waals surface area (Å²) in [5.74, 6) is -2.05. The van der Waals surface area contributed by atoms with Gasteiger partial charge in [-0.15, -0.1) is 0 Å². The molecule has 0 bridgehead atoms. The molecule has 2 aromatic carbocycles. The molecule has 0 heterocycles. The number of nitrogens with one attached hydrogen (secondary N) is 2. The van der Waals surface area contributed by atoms with Crippen molar-refractivity contribution in [2.45, 2.75) is 78.4 Å². The number of alkyl carbamates (subject to hydrolysis) is 1. The first kappa shape index (κ1) is 30.3. The van der Waals surface area contributed by atoms with E-state index in [4.69, 9.17) is 14.2 Å². The standard InChI is InChI=1S/C29H38N2O7/c1-20(2)25(27(34)36-18-21-12-8-6-9-13-21)31-26(33)23(16-17-24(32)38-29(3,4)5)30-28(35)37-19-22-14-10-7-11-15-22/h6-15,20,23,25H,16-19H2,1-5H3,(H,30,35)(H,31,33)/t23-,25-/m0/s1. The predicted octanol–water partition coefficient (Wildman–Crippen LogP) is 4.29. The molecular formula is C29H38N2O7. The van der Waals surface area contributed by atoms with E-state index in [9.17, 15) is 19.2 Å². The minimum Gasteiger partial charge on any atom is -0.460 e. The fourth-order valence-corrected chi connectivity index (χ4v) is 3.40. The zero-order chi connectivity index (χ0) is 28.1. The number of benzene rings is 2. The van der Waals surface area contributed by atoms with Gasteiger partial charge in [0, 0.05) is 6.42 Å². The lowest BCUT2D eigenvalue weighted by Gasteiger charge is -2.25. The third-order valence-corrected chi connectivity index (χ3v) is 5.32. The maximum Gasteiger partial charge on any atom is 0.408 e. The van der Waals surface area contributed by atoms with Gasteiger partial charge >= 0.3 is 18.0 Å². The van der Waals surface area contributed by atoms with Crippen LogP contribution in [0.5, 0.6) is 0 Å². The van der Waals surface area contributed by atoms with Crippen molar-refractivity contribution in [3.8, 4) is 0 Å². The molecular weight excluding hydrogens is 488 g/mol. The molecule has 2 aromatic rings. The van der Waals surface area contributed by atoms with Crippen LogP contribution in [0.1, 0.15) is 58.6 Å². The molecule has 2 N–H and O–H groups in total. The lowest BCUT2D eigenvalue weighted by molar-refractivity contribution is -0.155. The van der Waals surface area contributed by atoms with Crippen LogP contribution < -0.4 is 10.6 Å². The molecule has 0 spiro atoms. The maximum absolute atomic E-state index is 13.2. The summed E-state index contributed by atoms with van der Waals surface area (Å²) in [4.78, 5) is 50.8. The summed E-state index contributed by atoms with van der Waals surface area (Å²) in [6, 6.07) is 16.2. The summed E-state index contributed by atoms with van der Waals surface area (Å²) in [7, 11) is 0. The van der Waals surface area contributed by atoms with Crippen LogP contribution >= 0.6 is 0 Å². The summed E-state index contributed by atoms with van der Waals surface area (Å²) in [5.41, 5.74) is 0.897. The average molecular weight is 527 g/mol. The highest BCUT2D eigenvalue weighted by Crippen LogP contribution is 2.12. The Balaban J connectivity index is 2.05. The van der Waals surface area contributed by atoms with Crippen molar-refractivity contribution in [2.24, 2.45) is 5.92 Å². The van der Waals surface area contributed by atoms with Crippen molar-refractivity contribution in [1.82, 2.24) is 10.6 Å². The molecule has 206 valence electrons. The second-order valence-electron chi connectivity index (χ2n) is 10.2. The zero-order valence-corrected chi connectivity index (χ0v) is 22.7. The number of rotatable bonds is 12. The molecule has 0 saturated carbocycles. The van der Waals surface area contributed by atoms with Gasteiger partial charge in [0.15, 0.2) is 0 Å². The van der Waals surface area contributed by atoms with Crippen LogP contribution in [0.4, 0.5) is 4.79 Å². The fourth-order valence-electron chi connectivity index (χ4n) is 3.40. The molecule has 9 nitrogen and oxygen atoms in total. The normalized spacial score (nSPS) is 12.7. The first-order valence-corrected chi connectivity index (χ1v) is 12.6. The molecule has 0 aliphatic heterocycles. The molecule has 0 unspecified atom stereocenters. The van der Waals surface area contributed by atoms with E-state index < -0.39 is 41.6 Å². The minimum atomic E-state index is -1.14. The van der Waals surface area contributed by atoms with E-state index in [1.807, 2.05) is 48.5 Å². The van der Waals surface area contributed by atoms with Crippen molar-refractivity contribution < 1.29 is 33.4 Å². The number of carbonyl (C=O) groups excluding carboxylic acids is 4. The summed E-state index contributed by atoms with van der Waals surface area (Å²) in [6.45, 7) is 8.82. The van der Waals surface area contributed by atoms with E-state index in [2.05, 4.69) is 10.6 Å². The van der Waals surface area contributed by atoms with E-state index in [1.165, 1.54) is 0 Å². The van der Waals surface area contributed by atoms with E-state index in [1.54, 1.807) is 46.8 Å². The van der Waals surface area contributed by atoms with Gasteiger partial charge in [0.05, 0.1) is 0 Å². The largest absolute Gasteiger partial charge is 0.460 e. The summed E-state index contributed by atoms with van der Waals surface area (Å²) in [6.07, 6.45) is -1.00. The highest BCUT2D eigenvalue weighted by molar-refractivity contribution is 5.90. The van der Waals surface area contributed by atoms with E-state index in [-0.39, 0.29) is 32.0 Å². The Morgan fingerprint density at radius 1 is 0.789 bits per heavy atom. The first-order chi connectivity index (χ1) is 17.9. The van der Waals surface area contributed by atoms with Gasteiger partial charge in [-0.05, 0) is 44.2 Å². The second-order valence-corrected chi connectivity index (χ2v) is 10.2. The smallest absolute Gasteiger partial charge is 0.408 e. The average Bonchev–Trinajstić information content (AvgIpc) is 2.87. The second kappa shape index (κ2) is 14.8. The molecule has 0 saturated heterocycles. The van der Waals surface area contributed by atoms with Crippen molar-refractivity contribution in [2.75, 3.05) is 0 Å². The number of carbonyl (C=O) groups is 4. The SMILES string of the molecule is CC(C)[C@H](NC(=O)[C@H](CCC(=O)OC(C)(C)C)NC(=O)OCc1ccccc1)C(=O)OCc1ccccc1. The molecule has 0 aliphatic carbocycles. The number of esters is 2. The van der Waals surface area contributed by atoms with Gasteiger partial charge < -0.3 is 24.8 Å². The van der Waals surface area contributed by atoms with Crippen molar-refractivity contribution in [3.05, 3.63) is 71.8 Å².